The van der Waals surface area contributed by atoms with Gasteiger partial charge in [-0.2, -0.15) is 0 Å². The highest BCUT2D eigenvalue weighted by Gasteiger charge is 2.25. The number of aromatic nitrogens is 1. The Hall–Kier alpha value is -1.71. The van der Waals surface area contributed by atoms with E-state index in [0.29, 0.717) is 17.9 Å². The molecule has 0 fully saturated rings. The molecule has 0 radical (unpaired) electrons. The maximum absolute atomic E-state index is 12.4. The first-order valence-corrected chi connectivity index (χ1v) is 6.69. The number of hydrogen-bond donors (Lipinski definition) is 1. The van der Waals surface area contributed by atoms with E-state index in [-0.39, 0.29) is 11.3 Å². The minimum Gasteiger partial charge on any atom is -0.397 e. The number of anilines is 1. The molecular weight excluding hydrogens is 238 g/mol. The van der Waals surface area contributed by atoms with Gasteiger partial charge in [-0.05, 0) is 17.9 Å². The quantitative estimate of drug-likeness (QED) is 0.789. The Bertz CT molecular complexity index is 520. The van der Waals surface area contributed by atoms with E-state index in [4.69, 9.17) is 5.73 Å². The number of nitrogen functional groups attached to an aromatic ring is 1. The molecule has 4 heteroatoms. The zero-order valence-corrected chi connectivity index (χ0v) is 12.2. The van der Waals surface area contributed by atoms with Crippen molar-refractivity contribution >= 4 is 11.6 Å². The highest BCUT2D eigenvalue weighted by molar-refractivity contribution is 5.94. The fraction of sp³-hybridized carbons (Fsp3) is 0.533. The van der Waals surface area contributed by atoms with Gasteiger partial charge in [-0.25, -0.2) is 0 Å². The Labute approximate surface area is 114 Å². The lowest BCUT2D eigenvalue weighted by Crippen LogP contribution is -2.37. The molecule has 19 heavy (non-hydrogen) atoms. The lowest BCUT2D eigenvalue weighted by atomic mass is 9.83. The van der Waals surface area contributed by atoms with Crippen molar-refractivity contribution in [3.05, 3.63) is 29.6 Å². The summed E-state index contributed by atoms with van der Waals surface area (Å²) >= 11 is 0. The number of carbonyl (C=O) groups is 1. The van der Waals surface area contributed by atoms with Crippen LogP contribution in [-0.4, -0.2) is 28.5 Å². The molecule has 0 aliphatic carbocycles. The van der Waals surface area contributed by atoms with Crippen LogP contribution in [0.2, 0.25) is 0 Å². The average Bonchev–Trinajstić information content (AvgIpc) is 2.66. The normalized spacial score (nSPS) is 16.4. The van der Waals surface area contributed by atoms with E-state index in [0.717, 1.165) is 13.0 Å². The Morgan fingerprint density at radius 2 is 2.05 bits per heavy atom. The second-order valence-electron chi connectivity index (χ2n) is 6.25. The molecule has 1 aliphatic rings. The largest absolute Gasteiger partial charge is 0.397 e. The number of hydrogen-bond acceptors (Lipinski definition) is 2. The van der Waals surface area contributed by atoms with E-state index in [1.54, 1.807) is 16.8 Å². The Morgan fingerprint density at radius 3 is 2.47 bits per heavy atom. The number of carbonyl (C=O) groups excluding carboxylic acids is 1. The summed E-state index contributed by atoms with van der Waals surface area (Å²) in [6, 6.07) is 1.74. The predicted molar refractivity (Wildman–Crippen MR) is 77.9 cm³/mol. The molecule has 0 bridgehead atoms. The van der Waals surface area contributed by atoms with Gasteiger partial charge in [0.15, 0.2) is 0 Å². The molecule has 0 atom stereocenters. The molecule has 1 amide bonds. The van der Waals surface area contributed by atoms with Crippen LogP contribution in [0, 0.1) is 5.41 Å². The highest BCUT2D eigenvalue weighted by atomic mass is 16.2. The second kappa shape index (κ2) is 4.76. The third-order valence-electron chi connectivity index (χ3n) is 3.70. The van der Waals surface area contributed by atoms with Crippen molar-refractivity contribution in [1.82, 2.24) is 9.47 Å². The Morgan fingerprint density at radius 1 is 1.37 bits per heavy atom. The van der Waals surface area contributed by atoms with Gasteiger partial charge in [0, 0.05) is 26.3 Å². The Balaban J connectivity index is 2.12. The summed E-state index contributed by atoms with van der Waals surface area (Å²) in [4.78, 5) is 14.3. The fourth-order valence-corrected chi connectivity index (χ4v) is 2.50. The van der Waals surface area contributed by atoms with Gasteiger partial charge in [0.1, 0.15) is 5.69 Å². The van der Waals surface area contributed by atoms with E-state index < -0.39 is 0 Å². The lowest BCUT2D eigenvalue weighted by molar-refractivity contribution is 0.0755. The second-order valence-corrected chi connectivity index (χ2v) is 6.25. The standard InChI is InChI=1S/C15H23N3O/c1-15(2,3)11-5-7-18(8-6-11)14(19)13-9-12(16)10-17(13)4/h5,9-10H,6-8,16H2,1-4H3. The maximum Gasteiger partial charge on any atom is 0.270 e. The van der Waals surface area contributed by atoms with Crippen molar-refractivity contribution in [3.63, 3.8) is 0 Å². The molecule has 0 aromatic carbocycles. The van der Waals surface area contributed by atoms with Gasteiger partial charge in [-0.15, -0.1) is 0 Å². The van der Waals surface area contributed by atoms with Gasteiger partial charge in [-0.3, -0.25) is 4.79 Å². The number of amides is 1. The molecule has 0 saturated carbocycles. The molecule has 2 N–H and O–H groups in total. The van der Waals surface area contributed by atoms with Crippen LogP contribution >= 0.6 is 0 Å². The van der Waals surface area contributed by atoms with Crippen molar-refractivity contribution in [2.24, 2.45) is 12.5 Å². The van der Waals surface area contributed by atoms with E-state index in [1.807, 2.05) is 11.9 Å². The van der Waals surface area contributed by atoms with Crippen molar-refractivity contribution in [3.8, 4) is 0 Å². The average molecular weight is 261 g/mol. The molecular formula is C15H23N3O. The molecule has 2 rings (SSSR count). The number of rotatable bonds is 1. The monoisotopic (exact) mass is 261 g/mol. The summed E-state index contributed by atoms with van der Waals surface area (Å²) in [5.41, 5.74) is 8.65. The summed E-state index contributed by atoms with van der Waals surface area (Å²) in [5.74, 6) is 0.0587. The van der Waals surface area contributed by atoms with E-state index in [1.165, 1.54) is 5.57 Å². The van der Waals surface area contributed by atoms with Gasteiger partial charge in [0.2, 0.25) is 0 Å². The van der Waals surface area contributed by atoms with Gasteiger partial charge in [-0.1, -0.05) is 32.4 Å². The molecule has 1 aliphatic heterocycles. The van der Waals surface area contributed by atoms with Crippen molar-refractivity contribution in [2.75, 3.05) is 18.8 Å². The number of nitrogens with zero attached hydrogens (tertiary/aromatic N) is 2. The molecule has 0 saturated heterocycles. The van der Waals surface area contributed by atoms with Crippen LogP contribution in [0.4, 0.5) is 5.69 Å². The summed E-state index contributed by atoms with van der Waals surface area (Å²) in [6.45, 7) is 8.13. The molecule has 4 nitrogen and oxygen atoms in total. The van der Waals surface area contributed by atoms with Crippen LogP contribution in [0.25, 0.3) is 0 Å². The van der Waals surface area contributed by atoms with Crippen LogP contribution < -0.4 is 5.73 Å². The summed E-state index contributed by atoms with van der Waals surface area (Å²) in [6.07, 6.45) is 4.91. The molecule has 0 unspecified atom stereocenters. The van der Waals surface area contributed by atoms with Crippen molar-refractivity contribution < 1.29 is 4.79 Å². The summed E-state index contributed by atoms with van der Waals surface area (Å²) < 4.78 is 1.79. The number of nitrogens with two attached hydrogens (primary N) is 1. The zero-order valence-electron chi connectivity index (χ0n) is 12.2. The first-order valence-electron chi connectivity index (χ1n) is 6.69. The van der Waals surface area contributed by atoms with Crippen LogP contribution in [0.1, 0.15) is 37.7 Å². The van der Waals surface area contributed by atoms with Gasteiger partial charge >= 0.3 is 0 Å². The van der Waals surface area contributed by atoms with Crippen LogP contribution in [0.3, 0.4) is 0 Å². The molecule has 104 valence electrons. The zero-order chi connectivity index (χ0) is 14.2. The van der Waals surface area contributed by atoms with Crippen LogP contribution in [-0.2, 0) is 7.05 Å². The lowest BCUT2D eigenvalue weighted by Gasteiger charge is -2.32. The summed E-state index contributed by atoms with van der Waals surface area (Å²) in [7, 11) is 1.85. The van der Waals surface area contributed by atoms with Crippen LogP contribution in [0.15, 0.2) is 23.9 Å². The minimum absolute atomic E-state index is 0.0587. The summed E-state index contributed by atoms with van der Waals surface area (Å²) in [5, 5.41) is 0. The van der Waals surface area contributed by atoms with E-state index in [9.17, 15) is 4.79 Å². The SMILES string of the molecule is Cn1cc(N)cc1C(=O)N1CC=C(C(C)(C)C)CC1. The van der Waals surface area contributed by atoms with Crippen molar-refractivity contribution in [1.29, 1.82) is 0 Å². The van der Waals surface area contributed by atoms with E-state index in [2.05, 4.69) is 26.8 Å². The van der Waals surface area contributed by atoms with E-state index >= 15 is 0 Å². The molecule has 1 aromatic rings. The topological polar surface area (TPSA) is 51.3 Å². The predicted octanol–water partition coefficient (Wildman–Crippen LogP) is 2.43. The van der Waals surface area contributed by atoms with Gasteiger partial charge in [0.25, 0.3) is 5.91 Å². The molecule has 1 aromatic heterocycles. The Kier molecular flexibility index (Phi) is 3.43. The third kappa shape index (κ3) is 2.83. The third-order valence-corrected chi connectivity index (χ3v) is 3.70. The van der Waals surface area contributed by atoms with Gasteiger partial charge < -0.3 is 15.2 Å². The first-order chi connectivity index (χ1) is 8.79. The number of aryl methyl sites for hydroxylation is 1. The van der Waals surface area contributed by atoms with Gasteiger partial charge in [0.05, 0.1) is 5.69 Å². The maximum atomic E-state index is 12.4. The molecule has 2 heterocycles. The van der Waals surface area contributed by atoms with Crippen LogP contribution in [0.5, 0.6) is 0 Å². The highest BCUT2D eigenvalue weighted by Crippen LogP contribution is 2.30. The smallest absolute Gasteiger partial charge is 0.270 e. The molecule has 0 spiro atoms. The fourth-order valence-electron chi connectivity index (χ4n) is 2.50. The first kappa shape index (κ1) is 13.7. The van der Waals surface area contributed by atoms with Crippen molar-refractivity contribution in [2.45, 2.75) is 27.2 Å². The minimum atomic E-state index is 0.0587.